The molecular formula is C10H17ClN4O4S. The molecule has 0 saturated carbocycles. The number of hydrogen-bond acceptors (Lipinski definition) is 6. The SMILES string of the molecule is CCOCCS(=O)(=O)c1ncn(C(=O)N(CC)CCl)n1. The Morgan fingerprint density at radius 1 is 1.50 bits per heavy atom. The van der Waals surface area contributed by atoms with E-state index in [-0.39, 0.29) is 18.4 Å². The average molecular weight is 325 g/mol. The summed E-state index contributed by atoms with van der Waals surface area (Å²) in [4.78, 5) is 16.8. The number of rotatable bonds is 7. The third-order valence-corrected chi connectivity index (χ3v) is 4.18. The summed E-state index contributed by atoms with van der Waals surface area (Å²) < 4.78 is 29.6. The highest BCUT2D eigenvalue weighted by molar-refractivity contribution is 7.91. The van der Waals surface area contributed by atoms with Crippen LogP contribution in [0.4, 0.5) is 4.79 Å². The number of hydrogen-bond donors (Lipinski definition) is 0. The van der Waals surface area contributed by atoms with Crippen molar-refractivity contribution in [1.29, 1.82) is 0 Å². The predicted octanol–water partition coefficient (Wildman–Crippen LogP) is 0.575. The lowest BCUT2D eigenvalue weighted by Crippen LogP contribution is -2.34. The third kappa shape index (κ3) is 4.15. The van der Waals surface area contributed by atoms with Crippen molar-refractivity contribution in [3.05, 3.63) is 6.33 Å². The molecule has 0 N–H and O–H groups in total. The maximum Gasteiger partial charge on any atom is 0.347 e. The van der Waals surface area contributed by atoms with Crippen LogP contribution in [0.3, 0.4) is 0 Å². The van der Waals surface area contributed by atoms with E-state index < -0.39 is 21.0 Å². The summed E-state index contributed by atoms with van der Waals surface area (Å²) in [6.07, 6.45) is 1.06. The fourth-order valence-electron chi connectivity index (χ4n) is 1.30. The van der Waals surface area contributed by atoms with E-state index >= 15 is 0 Å². The predicted molar refractivity (Wildman–Crippen MR) is 72.5 cm³/mol. The standard InChI is InChI=1S/C10H17ClN4O4S/c1-3-14(7-11)10(16)15-8-12-9(13-15)20(17,18)6-5-19-4-2/h8H,3-7H2,1-2H3. The Morgan fingerprint density at radius 2 is 2.20 bits per heavy atom. The Balaban J connectivity index is 2.83. The molecule has 10 heteroatoms. The molecule has 0 unspecified atom stereocenters. The molecule has 0 radical (unpaired) electrons. The number of nitrogens with zero attached hydrogens (tertiary/aromatic N) is 4. The van der Waals surface area contributed by atoms with Crippen molar-refractivity contribution < 1.29 is 17.9 Å². The first-order valence-corrected chi connectivity index (χ1v) is 8.22. The van der Waals surface area contributed by atoms with Crippen molar-refractivity contribution in [2.45, 2.75) is 19.0 Å². The van der Waals surface area contributed by atoms with Gasteiger partial charge in [-0.05, 0) is 13.8 Å². The monoisotopic (exact) mass is 324 g/mol. The molecule has 0 spiro atoms. The van der Waals surface area contributed by atoms with Crippen molar-refractivity contribution in [2.75, 3.05) is 31.5 Å². The smallest absolute Gasteiger partial charge is 0.347 e. The molecule has 20 heavy (non-hydrogen) atoms. The van der Waals surface area contributed by atoms with Crippen LogP contribution in [0.2, 0.25) is 0 Å². The summed E-state index contributed by atoms with van der Waals surface area (Å²) in [5.41, 5.74) is 0. The third-order valence-electron chi connectivity index (χ3n) is 2.44. The second kappa shape index (κ2) is 7.55. The largest absolute Gasteiger partial charge is 0.381 e. The van der Waals surface area contributed by atoms with E-state index in [9.17, 15) is 13.2 Å². The van der Waals surface area contributed by atoms with Gasteiger partial charge >= 0.3 is 6.03 Å². The van der Waals surface area contributed by atoms with E-state index in [0.717, 1.165) is 11.0 Å². The van der Waals surface area contributed by atoms with Gasteiger partial charge < -0.3 is 9.64 Å². The van der Waals surface area contributed by atoms with Gasteiger partial charge in [-0.2, -0.15) is 4.68 Å². The van der Waals surface area contributed by atoms with Crippen LogP contribution in [-0.4, -0.2) is 65.6 Å². The summed E-state index contributed by atoms with van der Waals surface area (Å²) in [7, 11) is -3.66. The van der Waals surface area contributed by atoms with Crippen molar-refractivity contribution in [3.63, 3.8) is 0 Å². The molecule has 0 bridgehead atoms. The Kier molecular flexibility index (Phi) is 6.37. The highest BCUT2D eigenvalue weighted by Gasteiger charge is 2.22. The second-order valence-electron chi connectivity index (χ2n) is 3.75. The molecule has 114 valence electrons. The van der Waals surface area contributed by atoms with Gasteiger partial charge in [0.05, 0.1) is 18.4 Å². The van der Waals surface area contributed by atoms with E-state index in [1.54, 1.807) is 13.8 Å². The molecule has 0 aliphatic carbocycles. The van der Waals surface area contributed by atoms with Crippen molar-refractivity contribution in [1.82, 2.24) is 19.7 Å². The zero-order chi connectivity index (χ0) is 15.2. The number of carbonyl (C=O) groups is 1. The van der Waals surface area contributed by atoms with E-state index in [0.29, 0.717) is 13.2 Å². The summed E-state index contributed by atoms with van der Waals surface area (Å²) in [6.45, 7) is 4.39. The first-order chi connectivity index (χ1) is 9.46. The fourth-order valence-corrected chi connectivity index (χ4v) is 2.51. The molecule has 0 aromatic carbocycles. The minimum absolute atomic E-state index is 0.0123. The lowest BCUT2D eigenvalue weighted by Gasteiger charge is -2.15. The first-order valence-electron chi connectivity index (χ1n) is 6.03. The van der Waals surface area contributed by atoms with E-state index in [2.05, 4.69) is 10.1 Å². The Hall–Kier alpha value is -1.19. The molecule has 0 aliphatic heterocycles. The molecule has 0 aliphatic rings. The molecule has 0 atom stereocenters. The number of sulfone groups is 1. The summed E-state index contributed by atoms with van der Waals surface area (Å²) in [5.74, 6) is -0.230. The van der Waals surface area contributed by atoms with Crippen LogP contribution in [0.25, 0.3) is 0 Å². The van der Waals surface area contributed by atoms with Crippen LogP contribution in [0.5, 0.6) is 0 Å². The highest BCUT2D eigenvalue weighted by Crippen LogP contribution is 2.05. The molecule has 8 nitrogen and oxygen atoms in total. The first kappa shape index (κ1) is 16.9. The number of ether oxygens (including phenoxy) is 1. The molecule has 1 amide bonds. The van der Waals surface area contributed by atoms with Gasteiger partial charge in [-0.25, -0.2) is 18.2 Å². The Bertz CT molecular complexity index is 541. The molecule has 1 heterocycles. The lowest BCUT2D eigenvalue weighted by atomic mass is 10.6. The fraction of sp³-hybridized carbons (Fsp3) is 0.700. The number of aromatic nitrogens is 3. The van der Waals surface area contributed by atoms with Gasteiger partial charge in [-0.1, -0.05) is 0 Å². The average Bonchev–Trinajstić information content (AvgIpc) is 2.90. The molecule has 0 fully saturated rings. The van der Waals surface area contributed by atoms with Gasteiger partial charge in [0.2, 0.25) is 9.84 Å². The minimum atomic E-state index is -3.66. The highest BCUT2D eigenvalue weighted by atomic mass is 35.5. The van der Waals surface area contributed by atoms with Crippen LogP contribution in [-0.2, 0) is 14.6 Å². The van der Waals surface area contributed by atoms with Gasteiger partial charge in [0.25, 0.3) is 5.16 Å². The number of alkyl halides is 1. The summed E-state index contributed by atoms with van der Waals surface area (Å²) in [6, 6.07) is -0.539. The Labute approximate surface area is 122 Å². The van der Waals surface area contributed by atoms with Gasteiger partial charge in [0, 0.05) is 13.2 Å². The van der Waals surface area contributed by atoms with Crippen molar-refractivity contribution >= 4 is 27.5 Å². The normalized spacial score (nSPS) is 11.6. The molecular weight excluding hydrogens is 308 g/mol. The van der Waals surface area contributed by atoms with Gasteiger partial charge in [-0.3, -0.25) is 0 Å². The molecule has 1 aromatic rings. The summed E-state index contributed by atoms with van der Waals surface area (Å²) in [5, 5.41) is 3.30. The number of halogens is 1. The van der Waals surface area contributed by atoms with Crippen LogP contribution in [0, 0.1) is 0 Å². The van der Waals surface area contributed by atoms with Crippen molar-refractivity contribution in [2.24, 2.45) is 0 Å². The Morgan fingerprint density at radius 3 is 2.75 bits per heavy atom. The topological polar surface area (TPSA) is 94.4 Å². The lowest BCUT2D eigenvalue weighted by molar-refractivity contribution is 0.163. The molecule has 1 aromatic heterocycles. The van der Waals surface area contributed by atoms with Crippen LogP contribution in [0.1, 0.15) is 13.8 Å². The second-order valence-corrected chi connectivity index (χ2v) is 5.99. The quantitative estimate of drug-likeness (QED) is 0.413. The zero-order valence-electron chi connectivity index (χ0n) is 11.3. The van der Waals surface area contributed by atoms with Crippen molar-refractivity contribution in [3.8, 4) is 0 Å². The maximum absolute atomic E-state index is 11.9. The number of carbonyl (C=O) groups excluding carboxylic acids is 1. The van der Waals surface area contributed by atoms with E-state index in [4.69, 9.17) is 16.3 Å². The number of amides is 1. The van der Waals surface area contributed by atoms with Gasteiger partial charge in [0.15, 0.2) is 0 Å². The van der Waals surface area contributed by atoms with Gasteiger partial charge in [0.1, 0.15) is 6.33 Å². The maximum atomic E-state index is 11.9. The molecule has 0 saturated heterocycles. The minimum Gasteiger partial charge on any atom is -0.381 e. The molecule has 1 rings (SSSR count). The van der Waals surface area contributed by atoms with E-state index in [1.807, 2.05) is 0 Å². The van der Waals surface area contributed by atoms with Crippen LogP contribution < -0.4 is 0 Å². The van der Waals surface area contributed by atoms with E-state index in [1.165, 1.54) is 4.90 Å². The van der Waals surface area contributed by atoms with Crippen LogP contribution in [0.15, 0.2) is 11.5 Å². The van der Waals surface area contributed by atoms with Gasteiger partial charge in [-0.15, -0.1) is 16.7 Å². The zero-order valence-corrected chi connectivity index (χ0v) is 12.9. The summed E-state index contributed by atoms with van der Waals surface area (Å²) >= 11 is 5.60. The van der Waals surface area contributed by atoms with Crippen LogP contribution >= 0.6 is 11.6 Å².